The maximum Gasteiger partial charge on any atom is 0.412 e. The van der Waals surface area contributed by atoms with E-state index in [0.717, 1.165) is 17.1 Å². The van der Waals surface area contributed by atoms with Crippen LogP contribution >= 0.6 is 0 Å². The van der Waals surface area contributed by atoms with Crippen LogP contribution in [0.25, 0.3) is 0 Å². The Hall–Kier alpha value is -2.28. The van der Waals surface area contributed by atoms with E-state index in [1.54, 1.807) is 6.07 Å². The van der Waals surface area contributed by atoms with E-state index < -0.39 is 17.7 Å². The molecule has 7 heteroatoms. The fraction of sp³-hybridized carbons (Fsp3) is 0.235. The molecule has 0 bridgehead atoms. The van der Waals surface area contributed by atoms with E-state index in [-0.39, 0.29) is 18.9 Å². The summed E-state index contributed by atoms with van der Waals surface area (Å²) < 4.78 is 43.7. The minimum absolute atomic E-state index is 0.0360. The number of carbonyl (C=O) groups is 1. The van der Waals surface area contributed by atoms with Crippen molar-refractivity contribution in [1.82, 2.24) is 0 Å². The highest BCUT2D eigenvalue weighted by Gasteiger charge is 2.32. The summed E-state index contributed by atoms with van der Waals surface area (Å²) in [5.41, 5.74) is 2.18. The summed E-state index contributed by atoms with van der Waals surface area (Å²) >= 11 is 0. The Bertz CT molecular complexity index is 766. The largest absolute Gasteiger partial charge is 0.427 e. The Labute approximate surface area is 138 Å². The van der Waals surface area contributed by atoms with Crippen molar-refractivity contribution < 1.29 is 22.6 Å². The lowest BCUT2D eigenvalue weighted by atomic mass is 9.64. The quantitative estimate of drug-likeness (QED) is 0.843. The monoisotopic (exact) mass is 333 g/mol. The molecule has 0 saturated heterocycles. The van der Waals surface area contributed by atoms with Gasteiger partial charge in [0, 0.05) is 16.8 Å². The maximum atomic E-state index is 12.7. The van der Waals surface area contributed by atoms with Gasteiger partial charge in [-0.3, -0.25) is 4.79 Å². The van der Waals surface area contributed by atoms with Crippen LogP contribution in [-0.4, -0.2) is 19.0 Å². The molecule has 124 valence electrons. The van der Waals surface area contributed by atoms with Crippen LogP contribution in [0.3, 0.4) is 0 Å². The van der Waals surface area contributed by atoms with Gasteiger partial charge in [-0.2, -0.15) is 13.2 Å². The van der Waals surface area contributed by atoms with Crippen molar-refractivity contribution in [2.45, 2.75) is 26.0 Å². The fourth-order valence-corrected chi connectivity index (χ4v) is 2.68. The molecule has 1 aromatic rings. The molecule has 3 rings (SSSR count). The molecule has 0 saturated carbocycles. The van der Waals surface area contributed by atoms with Crippen molar-refractivity contribution in [3.63, 3.8) is 0 Å². The topological polar surface area (TPSA) is 38.3 Å². The number of alkyl halides is 3. The Balaban J connectivity index is 1.77. The molecule has 0 fully saturated rings. The van der Waals surface area contributed by atoms with Gasteiger partial charge in [0.1, 0.15) is 0 Å². The van der Waals surface area contributed by atoms with E-state index in [0.29, 0.717) is 12.3 Å². The first-order valence-electron chi connectivity index (χ1n) is 7.55. The Morgan fingerprint density at radius 3 is 2.83 bits per heavy atom. The second-order valence-corrected chi connectivity index (χ2v) is 5.74. The molecular weight excluding hydrogens is 318 g/mol. The van der Waals surface area contributed by atoms with Crippen LogP contribution in [0, 0.1) is 0 Å². The lowest BCUT2D eigenvalue weighted by Crippen LogP contribution is -2.25. The van der Waals surface area contributed by atoms with Crippen molar-refractivity contribution in [1.29, 1.82) is 0 Å². The number of carbonyl (C=O) groups excluding carboxylic acids is 1. The van der Waals surface area contributed by atoms with Crippen molar-refractivity contribution >= 4 is 24.0 Å². The highest BCUT2D eigenvalue weighted by Crippen LogP contribution is 2.30. The van der Waals surface area contributed by atoms with Crippen LogP contribution in [0.15, 0.2) is 53.6 Å². The number of fused-ring (bicyclic) bond motifs is 1. The molecule has 0 atom stereocenters. The Kier molecular flexibility index (Phi) is 4.36. The number of amides is 1. The molecule has 1 aliphatic heterocycles. The number of anilines is 1. The van der Waals surface area contributed by atoms with Gasteiger partial charge in [-0.05, 0) is 35.7 Å². The summed E-state index contributed by atoms with van der Waals surface area (Å²) in [6, 6.07) is 5.48. The van der Waals surface area contributed by atoms with Gasteiger partial charge in [-0.1, -0.05) is 31.1 Å². The van der Waals surface area contributed by atoms with Gasteiger partial charge in [-0.25, -0.2) is 0 Å². The molecule has 1 amide bonds. The number of nitrogens with one attached hydrogen (secondary N) is 1. The van der Waals surface area contributed by atoms with Crippen LogP contribution in [0.2, 0.25) is 6.82 Å². The lowest BCUT2D eigenvalue weighted by Gasteiger charge is -2.08. The van der Waals surface area contributed by atoms with Gasteiger partial charge < -0.3 is 9.97 Å². The molecule has 3 nitrogen and oxygen atoms in total. The zero-order valence-electron chi connectivity index (χ0n) is 13.0. The van der Waals surface area contributed by atoms with Gasteiger partial charge >= 0.3 is 13.1 Å². The van der Waals surface area contributed by atoms with Crippen LogP contribution in [-0.2, 0) is 16.1 Å². The third-order valence-corrected chi connectivity index (χ3v) is 4.06. The normalized spacial score (nSPS) is 17.1. The molecule has 1 heterocycles. The van der Waals surface area contributed by atoms with E-state index in [1.807, 2.05) is 19.0 Å². The number of hydrogen-bond acceptors (Lipinski definition) is 2. The van der Waals surface area contributed by atoms with E-state index in [4.69, 9.17) is 4.65 Å². The fourth-order valence-electron chi connectivity index (χ4n) is 2.68. The van der Waals surface area contributed by atoms with E-state index in [9.17, 15) is 18.0 Å². The van der Waals surface area contributed by atoms with Crippen LogP contribution in [0.5, 0.6) is 0 Å². The summed E-state index contributed by atoms with van der Waals surface area (Å²) in [7, 11) is 0. The van der Waals surface area contributed by atoms with E-state index in [1.165, 1.54) is 18.2 Å². The number of allylic oxidation sites excluding steroid dienone is 4. The zero-order valence-corrected chi connectivity index (χ0v) is 13.0. The van der Waals surface area contributed by atoms with Crippen molar-refractivity contribution in [3.05, 3.63) is 59.2 Å². The molecule has 0 aromatic heterocycles. The highest BCUT2D eigenvalue weighted by atomic mass is 19.4. The second-order valence-electron chi connectivity index (χ2n) is 5.74. The first-order valence-corrected chi connectivity index (χ1v) is 7.55. The Morgan fingerprint density at radius 2 is 2.08 bits per heavy atom. The van der Waals surface area contributed by atoms with Gasteiger partial charge in [0.05, 0.1) is 6.61 Å². The summed E-state index contributed by atoms with van der Waals surface area (Å²) in [6.07, 6.45) is 0.266. The number of halogens is 3. The van der Waals surface area contributed by atoms with Crippen molar-refractivity contribution in [2.75, 3.05) is 5.32 Å². The third kappa shape index (κ3) is 3.46. The smallest absolute Gasteiger partial charge is 0.412 e. The summed E-state index contributed by atoms with van der Waals surface area (Å²) in [5.74, 6) is -0.447. The first-order chi connectivity index (χ1) is 11.3. The number of rotatable bonds is 2. The SMILES string of the molecule is CB1OCc2ccc(NC(=O)C3=CC=C(C(F)(F)F)CC=C3)cc21. The lowest BCUT2D eigenvalue weighted by molar-refractivity contribution is -0.112. The first kappa shape index (κ1) is 16.6. The average molecular weight is 333 g/mol. The number of benzene rings is 1. The molecule has 0 radical (unpaired) electrons. The molecule has 1 N–H and O–H groups in total. The van der Waals surface area contributed by atoms with Crippen LogP contribution in [0.1, 0.15) is 12.0 Å². The second kappa shape index (κ2) is 6.32. The highest BCUT2D eigenvalue weighted by molar-refractivity contribution is 6.67. The zero-order chi connectivity index (χ0) is 17.3. The summed E-state index contributed by atoms with van der Waals surface area (Å²) in [6.45, 7) is 2.44. The average Bonchev–Trinajstić information content (AvgIpc) is 2.75. The standard InChI is InChI=1S/C17H15BF3NO2/c1-18-15-9-14(8-6-12(15)10-24-18)22-16(23)11-3-2-4-13(7-5-11)17(19,20)21/h2-3,5-9H,4,10H2,1H3,(H,22,23). The van der Waals surface area contributed by atoms with Crippen LogP contribution < -0.4 is 10.8 Å². The predicted molar refractivity (Wildman–Crippen MR) is 87.1 cm³/mol. The van der Waals surface area contributed by atoms with Gasteiger partial charge in [0.2, 0.25) is 0 Å². The molecule has 0 spiro atoms. The minimum Gasteiger partial charge on any atom is -0.427 e. The summed E-state index contributed by atoms with van der Waals surface area (Å²) in [5, 5.41) is 2.72. The molecular formula is C17H15BF3NO2. The molecule has 24 heavy (non-hydrogen) atoms. The van der Waals surface area contributed by atoms with Crippen LogP contribution in [0.4, 0.5) is 18.9 Å². The molecule has 2 aliphatic rings. The van der Waals surface area contributed by atoms with Gasteiger partial charge in [0.25, 0.3) is 5.91 Å². The van der Waals surface area contributed by atoms with E-state index >= 15 is 0 Å². The third-order valence-electron chi connectivity index (χ3n) is 4.06. The Morgan fingerprint density at radius 1 is 1.29 bits per heavy atom. The molecule has 0 unspecified atom stereocenters. The van der Waals surface area contributed by atoms with E-state index in [2.05, 4.69) is 5.32 Å². The predicted octanol–water partition coefficient (Wildman–Crippen LogP) is 3.36. The van der Waals surface area contributed by atoms with Crippen molar-refractivity contribution in [3.8, 4) is 0 Å². The minimum atomic E-state index is -4.39. The molecule has 1 aliphatic carbocycles. The summed E-state index contributed by atoms with van der Waals surface area (Å²) in [4.78, 5) is 12.3. The van der Waals surface area contributed by atoms with Crippen molar-refractivity contribution in [2.24, 2.45) is 0 Å². The maximum absolute atomic E-state index is 12.7. The molecule has 1 aromatic carbocycles. The van der Waals surface area contributed by atoms with Gasteiger partial charge in [0.15, 0.2) is 0 Å². The van der Waals surface area contributed by atoms with Gasteiger partial charge in [-0.15, -0.1) is 0 Å². The number of hydrogen-bond donors (Lipinski definition) is 1.